The molecule has 1 heteroatoms. The van der Waals surface area contributed by atoms with Gasteiger partial charge >= 0.3 is 108 Å². The molecule has 0 bridgehead atoms. The third kappa shape index (κ3) is 20.5. The van der Waals surface area contributed by atoms with Crippen LogP contribution in [-0.2, 0) is 0 Å². The van der Waals surface area contributed by atoms with Crippen molar-refractivity contribution in [2.24, 2.45) is 0 Å². The Morgan fingerprint density at radius 1 is 0.545 bits per heavy atom. The summed E-state index contributed by atoms with van der Waals surface area (Å²) < 4.78 is 2.57. The number of hydrogen-bond acceptors (Lipinski definition) is 0. The fourth-order valence-electron chi connectivity index (χ4n) is 2.89. The van der Waals surface area contributed by atoms with E-state index in [-0.39, 0.29) is 0 Å². The minimum absolute atomic E-state index is 1.33. The molecule has 0 aromatic rings. The predicted octanol–water partition coefficient (Wildman–Crippen LogP) is 8.29. The molecule has 0 radical (unpaired) electrons. The van der Waals surface area contributed by atoms with E-state index in [0.717, 1.165) is 0 Å². The molecule has 0 aliphatic heterocycles. The Labute approximate surface area is 146 Å². The van der Waals surface area contributed by atoms with Gasteiger partial charge in [0.25, 0.3) is 0 Å². The maximum atomic E-state index is 2.57. The van der Waals surface area contributed by atoms with Crippen LogP contribution in [0.1, 0.15) is 103 Å². The summed E-state index contributed by atoms with van der Waals surface area (Å²) in [7, 11) is 0. The van der Waals surface area contributed by atoms with Gasteiger partial charge in [0, 0.05) is 0 Å². The molecule has 0 N–H and O–H groups in total. The van der Waals surface area contributed by atoms with Crippen LogP contribution in [0.2, 0.25) is 14.8 Å². The van der Waals surface area contributed by atoms with E-state index in [0.29, 0.717) is 0 Å². The van der Waals surface area contributed by atoms with Gasteiger partial charge in [-0.15, -0.1) is 0 Å². The van der Waals surface area contributed by atoms with Crippen molar-refractivity contribution in [3.63, 3.8) is 0 Å². The van der Waals surface area contributed by atoms with Gasteiger partial charge in [0.05, 0.1) is 0 Å². The number of allylic oxidation sites excluding steroid dienone is 1. The van der Waals surface area contributed by atoms with Crippen molar-refractivity contribution in [2.75, 3.05) is 0 Å². The van der Waals surface area contributed by atoms with Gasteiger partial charge in [-0.05, 0) is 0 Å². The first-order valence-electron chi connectivity index (χ1n) is 10.2. The number of hydrogen-bond donors (Lipinski definition) is 0. The molecule has 0 aliphatic rings. The van der Waals surface area contributed by atoms with Crippen molar-refractivity contribution in [3.8, 4) is 0 Å². The molecule has 22 heavy (non-hydrogen) atoms. The van der Waals surface area contributed by atoms with E-state index in [4.69, 9.17) is 0 Å². The van der Waals surface area contributed by atoms with Crippen molar-refractivity contribution in [1.29, 1.82) is 0 Å². The van der Waals surface area contributed by atoms with Crippen LogP contribution in [0, 0.1) is 0 Å². The molecule has 0 nitrogen and oxygen atoms in total. The molecule has 0 aliphatic carbocycles. The Morgan fingerprint density at radius 3 is 1.27 bits per heavy atom. The van der Waals surface area contributed by atoms with Crippen molar-refractivity contribution in [3.05, 3.63) is 10.2 Å². The van der Waals surface area contributed by atoms with Gasteiger partial charge in [-0.1, -0.05) is 39.0 Å². The van der Waals surface area contributed by atoms with E-state index in [1.54, 1.807) is 0 Å². The van der Waals surface area contributed by atoms with E-state index in [2.05, 4.69) is 31.9 Å². The van der Waals surface area contributed by atoms with E-state index >= 15 is 0 Å². The zero-order chi connectivity index (χ0) is 16.5. The molecule has 132 valence electrons. The quantitative estimate of drug-likeness (QED) is 0.176. The summed E-state index contributed by atoms with van der Waals surface area (Å²) in [5.41, 5.74) is 0. The second-order valence-corrected chi connectivity index (χ2v) is 22.6. The standard InChI is InChI=1S/C18H35.3CH3.Sn/c1-3-5-7-9-11-13-15-17-18-16-14-12-10-8-6-4-2;;;;/h1,3H,4-18H2,2H3;3*1H3;. The van der Waals surface area contributed by atoms with Crippen LogP contribution in [0.4, 0.5) is 0 Å². The van der Waals surface area contributed by atoms with Gasteiger partial charge in [0.1, 0.15) is 0 Å². The van der Waals surface area contributed by atoms with E-state index in [9.17, 15) is 0 Å². The van der Waals surface area contributed by atoms with Gasteiger partial charge < -0.3 is 0 Å². The SMILES string of the molecule is CCCCCCCCCCCCCCCC/C=[CH]/[Sn]([CH3])([CH3])[CH3]. The van der Waals surface area contributed by atoms with Crippen LogP contribution < -0.4 is 0 Å². The monoisotopic (exact) mass is 416 g/mol. The van der Waals surface area contributed by atoms with Gasteiger partial charge in [0.2, 0.25) is 0 Å². The van der Waals surface area contributed by atoms with Crippen LogP contribution in [0.3, 0.4) is 0 Å². The molecular weight excluding hydrogens is 371 g/mol. The van der Waals surface area contributed by atoms with Gasteiger partial charge in [0.15, 0.2) is 0 Å². The first-order valence-corrected chi connectivity index (χ1v) is 20.4. The second-order valence-electron chi connectivity index (χ2n) is 8.15. The molecule has 0 saturated carbocycles. The Morgan fingerprint density at radius 2 is 0.909 bits per heavy atom. The predicted molar refractivity (Wildman–Crippen MR) is 107 cm³/mol. The first kappa shape index (κ1) is 22.5. The van der Waals surface area contributed by atoms with Crippen molar-refractivity contribution in [1.82, 2.24) is 0 Å². The Bertz CT molecular complexity index is 237. The third-order valence-electron chi connectivity index (χ3n) is 4.34. The Balaban J connectivity index is 3.07. The fourth-order valence-corrected chi connectivity index (χ4v) is 5.39. The van der Waals surface area contributed by atoms with Crippen LogP contribution >= 0.6 is 0 Å². The Hall–Kier alpha value is 0.539. The number of rotatable bonds is 16. The second kappa shape index (κ2) is 16.4. The Kier molecular flexibility index (Phi) is 16.8. The molecule has 0 unspecified atom stereocenters. The average Bonchev–Trinajstić information content (AvgIpc) is 2.45. The van der Waals surface area contributed by atoms with E-state index in [1.165, 1.54) is 96.3 Å². The van der Waals surface area contributed by atoms with Gasteiger partial charge in [-0.2, -0.15) is 0 Å². The molecule has 0 heterocycles. The summed E-state index contributed by atoms with van der Waals surface area (Å²) in [6.07, 6.45) is 24.2. The zero-order valence-corrected chi connectivity index (χ0v) is 19.1. The topological polar surface area (TPSA) is 0 Å². The summed E-state index contributed by atoms with van der Waals surface area (Å²) in [4.78, 5) is 7.45. The maximum absolute atomic E-state index is 2.57. The summed E-state index contributed by atoms with van der Waals surface area (Å²) in [5, 5.41) is 0. The van der Waals surface area contributed by atoms with Crippen molar-refractivity contribution in [2.45, 2.75) is 118 Å². The normalized spacial score (nSPS) is 12.4. The van der Waals surface area contributed by atoms with Gasteiger partial charge in [-0.25, -0.2) is 0 Å². The molecule has 0 rings (SSSR count). The van der Waals surface area contributed by atoms with Gasteiger partial charge in [-0.3, -0.25) is 0 Å². The third-order valence-corrected chi connectivity index (χ3v) is 7.87. The minimum atomic E-state index is -1.61. The molecule has 0 atom stereocenters. The summed E-state index contributed by atoms with van der Waals surface area (Å²) in [5.74, 6) is 0. The first-order chi connectivity index (χ1) is 10.6. The van der Waals surface area contributed by atoms with Crippen molar-refractivity contribution < 1.29 is 0 Å². The number of unbranched alkanes of at least 4 members (excludes halogenated alkanes) is 14. The van der Waals surface area contributed by atoms with Crippen LogP contribution in [0.15, 0.2) is 10.2 Å². The van der Waals surface area contributed by atoms with E-state index < -0.39 is 18.4 Å². The molecule has 0 amide bonds. The molecule has 0 saturated heterocycles. The average molecular weight is 415 g/mol. The molecule has 0 fully saturated rings. The summed E-state index contributed by atoms with van der Waals surface area (Å²) in [6.45, 7) is 2.30. The van der Waals surface area contributed by atoms with Crippen LogP contribution in [0.5, 0.6) is 0 Å². The van der Waals surface area contributed by atoms with Crippen LogP contribution in [0.25, 0.3) is 0 Å². The summed E-state index contributed by atoms with van der Waals surface area (Å²) >= 11 is -1.61. The zero-order valence-electron chi connectivity index (χ0n) is 16.3. The molecule has 0 aromatic heterocycles. The van der Waals surface area contributed by atoms with Crippen molar-refractivity contribution >= 4 is 18.4 Å². The molecular formula is C21H44Sn. The molecule has 0 spiro atoms. The summed E-state index contributed by atoms with van der Waals surface area (Å²) in [6, 6.07) is 0. The van der Waals surface area contributed by atoms with E-state index in [1.807, 2.05) is 0 Å². The molecule has 0 aromatic carbocycles. The van der Waals surface area contributed by atoms with Crippen LogP contribution in [-0.4, -0.2) is 18.4 Å². The fraction of sp³-hybridized carbons (Fsp3) is 0.905.